The lowest BCUT2D eigenvalue weighted by Crippen LogP contribution is -2.17. The molecule has 0 amide bonds. The summed E-state index contributed by atoms with van der Waals surface area (Å²) < 4.78 is 5.45. The third-order valence-corrected chi connectivity index (χ3v) is 3.92. The molecule has 1 aromatic rings. The van der Waals surface area contributed by atoms with Crippen molar-refractivity contribution in [2.24, 2.45) is 0 Å². The van der Waals surface area contributed by atoms with Gasteiger partial charge in [0.2, 0.25) is 0 Å². The van der Waals surface area contributed by atoms with Gasteiger partial charge in [0.25, 0.3) is 0 Å². The van der Waals surface area contributed by atoms with E-state index in [4.69, 9.17) is 16.3 Å². The Morgan fingerprint density at radius 2 is 2.06 bits per heavy atom. The van der Waals surface area contributed by atoms with E-state index in [1.165, 1.54) is 12.0 Å². The first-order chi connectivity index (χ1) is 7.64. The highest BCUT2D eigenvalue weighted by atomic mass is 35.5. The van der Waals surface area contributed by atoms with Crippen molar-refractivity contribution in [2.75, 3.05) is 6.61 Å². The highest BCUT2D eigenvalue weighted by Crippen LogP contribution is 2.43. The first-order valence-corrected chi connectivity index (χ1v) is 6.45. The Bertz CT molecular complexity index is 346. The van der Waals surface area contributed by atoms with Crippen LogP contribution in [-0.2, 0) is 5.41 Å². The number of hydrogen-bond donors (Lipinski definition) is 0. The predicted molar refractivity (Wildman–Crippen MR) is 68.5 cm³/mol. The molecule has 2 heteroatoms. The summed E-state index contributed by atoms with van der Waals surface area (Å²) in [6.07, 6.45) is 3.41. The third kappa shape index (κ3) is 2.35. The van der Waals surface area contributed by atoms with Gasteiger partial charge in [-0.3, -0.25) is 0 Å². The number of rotatable bonds is 3. The summed E-state index contributed by atoms with van der Waals surface area (Å²) in [5.74, 6) is 0.954. The van der Waals surface area contributed by atoms with Gasteiger partial charge >= 0.3 is 0 Å². The van der Waals surface area contributed by atoms with Crippen molar-refractivity contribution in [1.29, 1.82) is 0 Å². The van der Waals surface area contributed by atoms with Crippen LogP contribution in [0.2, 0.25) is 0 Å². The fourth-order valence-corrected chi connectivity index (χ4v) is 3.00. The molecule has 1 saturated carbocycles. The van der Waals surface area contributed by atoms with E-state index in [1.807, 2.05) is 6.92 Å². The molecule has 16 heavy (non-hydrogen) atoms. The zero-order valence-electron chi connectivity index (χ0n) is 10.0. The summed E-state index contributed by atoms with van der Waals surface area (Å²) in [6.45, 7) is 5.04. The first-order valence-electron chi connectivity index (χ1n) is 6.01. The van der Waals surface area contributed by atoms with E-state index in [-0.39, 0.29) is 5.41 Å². The molecule has 0 aromatic heterocycles. The average Bonchev–Trinajstić information content (AvgIpc) is 2.61. The van der Waals surface area contributed by atoms with Gasteiger partial charge in [-0.2, -0.15) is 0 Å². The summed E-state index contributed by atoms with van der Waals surface area (Å²) in [4.78, 5) is 0. The van der Waals surface area contributed by atoms with Gasteiger partial charge < -0.3 is 4.74 Å². The average molecular weight is 239 g/mol. The molecule has 2 unspecified atom stereocenters. The van der Waals surface area contributed by atoms with Crippen LogP contribution in [-0.4, -0.2) is 12.0 Å². The zero-order valence-corrected chi connectivity index (χ0v) is 10.8. The van der Waals surface area contributed by atoms with Crippen LogP contribution >= 0.6 is 11.6 Å². The second kappa shape index (κ2) is 4.67. The van der Waals surface area contributed by atoms with Gasteiger partial charge in [-0.1, -0.05) is 19.1 Å². The number of benzene rings is 1. The molecule has 2 rings (SSSR count). The fraction of sp³-hybridized carbons (Fsp3) is 0.571. The van der Waals surface area contributed by atoms with E-state index < -0.39 is 0 Å². The lowest BCUT2D eigenvalue weighted by molar-refractivity contribution is 0.340. The van der Waals surface area contributed by atoms with Gasteiger partial charge in [-0.15, -0.1) is 11.6 Å². The van der Waals surface area contributed by atoms with Gasteiger partial charge in [0.05, 0.1) is 6.61 Å². The Morgan fingerprint density at radius 3 is 2.56 bits per heavy atom. The molecule has 2 atom stereocenters. The van der Waals surface area contributed by atoms with Crippen LogP contribution in [0.5, 0.6) is 5.75 Å². The molecule has 1 aliphatic rings. The van der Waals surface area contributed by atoms with Gasteiger partial charge in [-0.25, -0.2) is 0 Å². The molecule has 0 N–H and O–H groups in total. The van der Waals surface area contributed by atoms with Crippen LogP contribution in [0.3, 0.4) is 0 Å². The summed E-state index contributed by atoms with van der Waals surface area (Å²) in [7, 11) is 0. The van der Waals surface area contributed by atoms with Crippen LogP contribution in [0.1, 0.15) is 38.7 Å². The molecule has 0 radical (unpaired) electrons. The van der Waals surface area contributed by atoms with Crippen LogP contribution in [0.15, 0.2) is 24.3 Å². The Kier molecular flexibility index (Phi) is 3.44. The number of alkyl halides is 1. The maximum absolute atomic E-state index is 6.20. The molecule has 0 spiro atoms. The van der Waals surface area contributed by atoms with Crippen molar-refractivity contribution >= 4 is 11.6 Å². The quantitative estimate of drug-likeness (QED) is 0.720. The van der Waals surface area contributed by atoms with Crippen LogP contribution < -0.4 is 4.74 Å². The molecular formula is C14H19ClO. The molecule has 1 fully saturated rings. The Labute approximate surface area is 103 Å². The maximum Gasteiger partial charge on any atom is 0.119 e. The number of halogens is 1. The van der Waals surface area contributed by atoms with Gasteiger partial charge in [0.1, 0.15) is 5.75 Å². The number of hydrogen-bond acceptors (Lipinski definition) is 1. The van der Waals surface area contributed by atoms with E-state index in [9.17, 15) is 0 Å². The minimum Gasteiger partial charge on any atom is -0.494 e. The molecule has 0 bridgehead atoms. The highest BCUT2D eigenvalue weighted by molar-refractivity contribution is 6.20. The second-order valence-electron chi connectivity index (χ2n) is 4.86. The SMILES string of the molecule is CCOc1ccc(C2(C)CCC(Cl)C2)cc1. The Hall–Kier alpha value is -0.690. The highest BCUT2D eigenvalue weighted by Gasteiger charge is 2.35. The molecule has 1 aromatic carbocycles. The van der Waals surface area contributed by atoms with Crippen molar-refractivity contribution < 1.29 is 4.74 Å². The Morgan fingerprint density at radius 1 is 1.38 bits per heavy atom. The number of ether oxygens (including phenoxy) is 1. The standard InChI is InChI=1S/C14H19ClO/c1-3-16-13-6-4-11(5-7-13)14(2)9-8-12(15)10-14/h4-7,12H,3,8-10H2,1-2H3. The van der Waals surface area contributed by atoms with E-state index in [1.54, 1.807) is 0 Å². The van der Waals surface area contributed by atoms with Crippen molar-refractivity contribution in [2.45, 2.75) is 43.9 Å². The largest absolute Gasteiger partial charge is 0.494 e. The van der Waals surface area contributed by atoms with Crippen molar-refractivity contribution in [3.05, 3.63) is 29.8 Å². The molecule has 1 nitrogen and oxygen atoms in total. The van der Waals surface area contributed by atoms with Crippen LogP contribution in [0.4, 0.5) is 0 Å². The summed E-state index contributed by atoms with van der Waals surface area (Å²) in [5, 5.41) is 0.344. The summed E-state index contributed by atoms with van der Waals surface area (Å²) in [6, 6.07) is 8.48. The summed E-state index contributed by atoms with van der Waals surface area (Å²) in [5.41, 5.74) is 1.65. The maximum atomic E-state index is 6.20. The predicted octanol–water partition coefficient (Wildman–Crippen LogP) is 4.13. The van der Waals surface area contributed by atoms with Crippen LogP contribution in [0, 0.1) is 0 Å². The first kappa shape index (κ1) is 11.8. The third-order valence-electron chi connectivity index (χ3n) is 3.54. The Balaban J connectivity index is 2.15. The van der Waals surface area contributed by atoms with Crippen LogP contribution in [0.25, 0.3) is 0 Å². The smallest absolute Gasteiger partial charge is 0.119 e. The van der Waals surface area contributed by atoms with Gasteiger partial charge in [0.15, 0.2) is 0 Å². The molecule has 1 aliphatic carbocycles. The lowest BCUT2D eigenvalue weighted by atomic mass is 9.81. The topological polar surface area (TPSA) is 9.23 Å². The van der Waals surface area contributed by atoms with Gasteiger partial charge in [0, 0.05) is 5.38 Å². The minimum absolute atomic E-state index is 0.261. The van der Waals surface area contributed by atoms with Crippen molar-refractivity contribution in [3.63, 3.8) is 0 Å². The molecule has 88 valence electrons. The monoisotopic (exact) mass is 238 g/mol. The summed E-state index contributed by atoms with van der Waals surface area (Å²) >= 11 is 6.20. The van der Waals surface area contributed by atoms with E-state index in [0.29, 0.717) is 5.38 Å². The molecule has 0 saturated heterocycles. The van der Waals surface area contributed by atoms with Crippen molar-refractivity contribution in [3.8, 4) is 5.75 Å². The normalized spacial score (nSPS) is 29.3. The molecule has 0 heterocycles. The zero-order chi connectivity index (χ0) is 11.6. The second-order valence-corrected chi connectivity index (χ2v) is 5.48. The molecular weight excluding hydrogens is 220 g/mol. The van der Waals surface area contributed by atoms with Gasteiger partial charge in [-0.05, 0) is 49.3 Å². The van der Waals surface area contributed by atoms with E-state index >= 15 is 0 Å². The fourth-order valence-electron chi connectivity index (χ4n) is 2.55. The minimum atomic E-state index is 0.261. The molecule has 0 aliphatic heterocycles. The van der Waals surface area contributed by atoms with Crippen molar-refractivity contribution in [1.82, 2.24) is 0 Å². The lowest BCUT2D eigenvalue weighted by Gasteiger charge is -2.24. The van der Waals surface area contributed by atoms with E-state index in [0.717, 1.165) is 25.2 Å². The van der Waals surface area contributed by atoms with E-state index in [2.05, 4.69) is 31.2 Å².